The van der Waals surface area contributed by atoms with Gasteiger partial charge >= 0.3 is 0 Å². The molecule has 0 saturated heterocycles. The largest absolute Gasteiger partial charge is 0.412 e. The van der Waals surface area contributed by atoms with E-state index in [2.05, 4.69) is 0 Å². The average molecular weight is 208 g/mol. The second-order valence-corrected chi connectivity index (χ2v) is 2.51. The quantitative estimate of drug-likeness (QED) is 0.754. The Labute approximate surface area is 86.6 Å². The fraction of sp³-hybridized carbons (Fsp3) is 0.800. The van der Waals surface area contributed by atoms with Crippen molar-refractivity contribution in [1.29, 1.82) is 0 Å². The summed E-state index contributed by atoms with van der Waals surface area (Å²) >= 11 is 0. The van der Waals surface area contributed by atoms with Crippen LogP contribution in [-0.4, -0.2) is 29.3 Å². The van der Waals surface area contributed by atoms with Crippen molar-refractivity contribution in [2.75, 3.05) is 7.11 Å². The molecule has 0 rings (SSSR count). The third kappa shape index (κ3) is 65.3. The van der Waals surface area contributed by atoms with Crippen molar-refractivity contribution >= 4 is 11.6 Å². The van der Waals surface area contributed by atoms with Gasteiger partial charge in [0.1, 0.15) is 11.6 Å². The zero-order chi connectivity index (χ0) is 11.3. The fourth-order valence-electron chi connectivity index (χ4n) is 0.352. The normalized spacial score (nSPS) is 6.71. The number of carbonyl (C=O) groups is 2. The van der Waals surface area contributed by atoms with Crippen LogP contribution >= 0.6 is 0 Å². The lowest BCUT2D eigenvalue weighted by molar-refractivity contribution is -0.117. The minimum Gasteiger partial charge on any atom is -0.412 e. The van der Waals surface area contributed by atoms with Crippen LogP contribution in [0.4, 0.5) is 0 Å². The van der Waals surface area contributed by atoms with Gasteiger partial charge in [-0.3, -0.25) is 0 Å². The molecule has 0 saturated carbocycles. The van der Waals surface area contributed by atoms with Gasteiger partial charge in [0.25, 0.3) is 0 Å². The molecular formula is C10H24O4. The summed E-state index contributed by atoms with van der Waals surface area (Å²) in [7, 11) is 1.00. The molecular weight excluding hydrogens is 184 g/mol. The number of hydrogen-bond donors (Lipinski definition) is 1. The van der Waals surface area contributed by atoms with Crippen LogP contribution in [0.2, 0.25) is 0 Å². The summed E-state index contributed by atoms with van der Waals surface area (Å²) in [5.41, 5.74) is 0. The lowest BCUT2D eigenvalue weighted by Gasteiger charge is -1.80. The lowest BCUT2D eigenvalue weighted by atomic mass is 10.3. The van der Waals surface area contributed by atoms with Crippen molar-refractivity contribution < 1.29 is 20.2 Å². The van der Waals surface area contributed by atoms with Crippen molar-refractivity contribution in [2.24, 2.45) is 0 Å². The molecule has 0 aromatic heterocycles. The molecule has 14 heavy (non-hydrogen) atoms. The highest BCUT2D eigenvalue weighted by molar-refractivity contribution is 5.75. The Morgan fingerprint density at radius 1 is 1.00 bits per heavy atom. The first-order valence-electron chi connectivity index (χ1n) is 4.48. The number of carbonyl (C=O) groups excluding carboxylic acids is 2. The van der Waals surface area contributed by atoms with Crippen LogP contribution in [0.5, 0.6) is 0 Å². The molecule has 0 aromatic carbocycles. The van der Waals surface area contributed by atoms with E-state index < -0.39 is 0 Å². The zero-order valence-corrected chi connectivity index (χ0v) is 9.89. The Hall–Kier alpha value is -0.740. The standard InChI is InChI=1S/C5H10O.C4H8O.CH4O.H2O/c1-3-4-5(2)6;1-3-4(2)5;1-2;/h3-4H2,1-2H3;3H2,1-2H3;2H,1H3;1H2. The van der Waals surface area contributed by atoms with E-state index in [4.69, 9.17) is 5.11 Å². The molecule has 0 aliphatic heterocycles. The van der Waals surface area contributed by atoms with E-state index in [1.165, 1.54) is 0 Å². The second kappa shape index (κ2) is 22.8. The van der Waals surface area contributed by atoms with E-state index in [1.807, 2.05) is 13.8 Å². The van der Waals surface area contributed by atoms with Gasteiger partial charge in [0, 0.05) is 20.0 Å². The van der Waals surface area contributed by atoms with Crippen molar-refractivity contribution in [1.82, 2.24) is 0 Å². The number of aliphatic hydroxyl groups is 1. The third-order valence-corrected chi connectivity index (χ3v) is 1.10. The summed E-state index contributed by atoms with van der Waals surface area (Å²) in [4.78, 5) is 19.9. The van der Waals surface area contributed by atoms with Gasteiger partial charge in [-0.25, -0.2) is 0 Å². The van der Waals surface area contributed by atoms with Crippen molar-refractivity contribution in [3.05, 3.63) is 0 Å². The van der Waals surface area contributed by atoms with Gasteiger partial charge in [-0.1, -0.05) is 13.8 Å². The predicted molar refractivity (Wildman–Crippen MR) is 58.3 cm³/mol. The molecule has 0 fully saturated rings. The lowest BCUT2D eigenvalue weighted by Crippen LogP contribution is -1.84. The summed E-state index contributed by atoms with van der Waals surface area (Å²) in [6, 6.07) is 0. The Balaban J connectivity index is -0.0000000576. The molecule has 4 heteroatoms. The minimum absolute atomic E-state index is 0. The first-order valence-corrected chi connectivity index (χ1v) is 4.48. The van der Waals surface area contributed by atoms with Gasteiger partial charge in [0.15, 0.2) is 0 Å². The van der Waals surface area contributed by atoms with E-state index >= 15 is 0 Å². The van der Waals surface area contributed by atoms with E-state index in [9.17, 15) is 9.59 Å². The molecule has 0 atom stereocenters. The van der Waals surface area contributed by atoms with Gasteiger partial charge in [-0.05, 0) is 20.3 Å². The van der Waals surface area contributed by atoms with Crippen LogP contribution in [0, 0.1) is 0 Å². The highest BCUT2D eigenvalue weighted by atomic mass is 16.2. The summed E-state index contributed by atoms with van der Waals surface area (Å²) in [5, 5.41) is 7.00. The SMILES string of the molecule is CCC(C)=O.CCCC(C)=O.CO.O. The molecule has 0 radical (unpaired) electrons. The topological polar surface area (TPSA) is 85.9 Å². The molecule has 0 unspecified atom stereocenters. The predicted octanol–water partition coefficient (Wildman–Crippen LogP) is 1.14. The maximum absolute atomic E-state index is 10.0. The fourth-order valence-corrected chi connectivity index (χ4v) is 0.352. The smallest absolute Gasteiger partial charge is 0.129 e. The van der Waals surface area contributed by atoms with Gasteiger partial charge in [-0.2, -0.15) is 0 Å². The number of hydrogen-bond acceptors (Lipinski definition) is 3. The van der Waals surface area contributed by atoms with Crippen LogP contribution in [0.25, 0.3) is 0 Å². The molecule has 0 aliphatic carbocycles. The molecule has 0 bridgehead atoms. The maximum atomic E-state index is 10.0. The van der Waals surface area contributed by atoms with Gasteiger partial charge in [-0.15, -0.1) is 0 Å². The van der Waals surface area contributed by atoms with Gasteiger partial charge in [0.2, 0.25) is 0 Å². The molecule has 3 N–H and O–H groups in total. The summed E-state index contributed by atoms with van der Waals surface area (Å²) < 4.78 is 0. The first-order chi connectivity index (χ1) is 6.04. The average Bonchev–Trinajstić information content (AvgIpc) is 2.09. The molecule has 0 amide bonds. The van der Waals surface area contributed by atoms with E-state index in [1.54, 1.807) is 13.8 Å². The van der Waals surface area contributed by atoms with Crippen LogP contribution < -0.4 is 0 Å². The number of aliphatic hydroxyl groups excluding tert-OH is 1. The zero-order valence-electron chi connectivity index (χ0n) is 9.89. The molecule has 0 heterocycles. The minimum atomic E-state index is 0. The summed E-state index contributed by atoms with van der Waals surface area (Å²) in [5.74, 6) is 0.544. The van der Waals surface area contributed by atoms with Gasteiger partial charge < -0.3 is 20.2 Å². The maximum Gasteiger partial charge on any atom is 0.129 e. The molecule has 0 aliphatic rings. The molecule has 0 spiro atoms. The second-order valence-electron chi connectivity index (χ2n) is 2.51. The Bertz CT molecular complexity index is 121. The Morgan fingerprint density at radius 2 is 1.29 bits per heavy atom. The molecule has 88 valence electrons. The van der Waals surface area contributed by atoms with Crippen molar-refractivity contribution in [2.45, 2.75) is 47.0 Å². The van der Waals surface area contributed by atoms with E-state index in [0.717, 1.165) is 20.0 Å². The first kappa shape index (κ1) is 23.2. The highest BCUT2D eigenvalue weighted by Crippen LogP contribution is 1.84. The van der Waals surface area contributed by atoms with Crippen LogP contribution in [0.15, 0.2) is 0 Å². The van der Waals surface area contributed by atoms with Crippen LogP contribution in [0.1, 0.15) is 47.0 Å². The van der Waals surface area contributed by atoms with Crippen LogP contribution in [0.3, 0.4) is 0 Å². The number of rotatable bonds is 3. The van der Waals surface area contributed by atoms with Gasteiger partial charge in [0.05, 0.1) is 0 Å². The van der Waals surface area contributed by atoms with E-state index in [0.29, 0.717) is 6.42 Å². The van der Waals surface area contributed by atoms with E-state index in [-0.39, 0.29) is 17.0 Å². The summed E-state index contributed by atoms with van der Waals surface area (Å²) in [6.45, 7) is 7.05. The molecule has 4 nitrogen and oxygen atoms in total. The number of ketones is 2. The van der Waals surface area contributed by atoms with Crippen molar-refractivity contribution in [3.8, 4) is 0 Å². The summed E-state index contributed by atoms with van der Waals surface area (Å²) in [6.07, 6.45) is 2.38. The third-order valence-electron chi connectivity index (χ3n) is 1.10. The Morgan fingerprint density at radius 3 is 1.29 bits per heavy atom. The number of Topliss-reactive ketones (excluding diaryl/α,β-unsaturated/α-hetero) is 2. The van der Waals surface area contributed by atoms with Crippen LogP contribution in [-0.2, 0) is 9.59 Å². The monoisotopic (exact) mass is 208 g/mol. The highest BCUT2D eigenvalue weighted by Gasteiger charge is 1.83. The van der Waals surface area contributed by atoms with Crippen molar-refractivity contribution in [3.63, 3.8) is 0 Å². The molecule has 0 aromatic rings. The Kier molecular flexibility index (Phi) is 37.8.